The molecule has 4 saturated carbocycles. The van der Waals surface area contributed by atoms with Crippen molar-refractivity contribution in [2.24, 2.45) is 40.1 Å². The summed E-state index contributed by atoms with van der Waals surface area (Å²) in [5, 5.41) is 0. The molecule has 0 spiro atoms. The molecule has 4 aliphatic carbocycles. The third-order valence-electron chi connectivity index (χ3n) is 5.52. The van der Waals surface area contributed by atoms with Gasteiger partial charge in [0.1, 0.15) is 0 Å². The normalized spacial score (nSPS) is 51.5. The van der Waals surface area contributed by atoms with Gasteiger partial charge in [0.2, 0.25) is 11.8 Å². The lowest BCUT2D eigenvalue weighted by Gasteiger charge is -2.63. The summed E-state index contributed by atoms with van der Waals surface area (Å²) >= 11 is 0. The summed E-state index contributed by atoms with van der Waals surface area (Å²) in [6, 6.07) is 0. The molecule has 0 aromatic heterocycles. The van der Waals surface area contributed by atoms with Crippen LogP contribution in [0.1, 0.15) is 39.0 Å². The second-order valence-electron chi connectivity index (χ2n) is 6.83. The average molecular weight is 236 g/mol. The molecule has 2 amide bonds. The Labute approximate surface area is 101 Å². The van der Waals surface area contributed by atoms with Crippen LogP contribution in [0.3, 0.4) is 0 Å². The van der Waals surface area contributed by atoms with Gasteiger partial charge >= 0.3 is 0 Å². The van der Waals surface area contributed by atoms with Crippen LogP contribution in [0.5, 0.6) is 0 Å². The van der Waals surface area contributed by atoms with Crippen molar-refractivity contribution in [2.75, 3.05) is 0 Å². The molecule has 5 atom stereocenters. The van der Waals surface area contributed by atoms with Crippen LogP contribution in [0.15, 0.2) is 0 Å². The Balaban J connectivity index is 2.03. The fourth-order valence-corrected chi connectivity index (χ4v) is 5.46. The Morgan fingerprint density at radius 3 is 2.41 bits per heavy atom. The maximum absolute atomic E-state index is 11.8. The van der Waals surface area contributed by atoms with Gasteiger partial charge < -0.3 is 11.5 Å². The van der Waals surface area contributed by atoms with Gasteiger partial charge in [0.05, 0.1) is 5.41 Å². The first-order valence-electron chi connectivity index (χ1n) is 6.46. The van der Waals surface area contributed by atoms with Crippen LogP contribution in [0.2, 0.25) is 0 Å². The Hall–Kier alpha value is -1.06. The third kappa shape index (κ3) is 1.30. The second kappa shape index (κ2) is 3.03. The van der Waals surface area contributed by atoms with E-state index in [1.165, 1.54) is 0 Å². The summed E-state index contributed by atoms with van der Waals surface area (Å²) in [7, 11) is 0. The minimum atomic E-state index is -0.341. The van der Waals surface area contributed by atoms with Crippen LogP contribution in [-0.4, -0.2) is 11.8 Å². The largest absolute Gasteiger partial charge is 0.369 e. The first-order valence-corrected chi connectivity index (χ1v) is 6.46. The van der Waals surface area contributed by atoms with Gasteiger partial charge in [-0.05, 0) is 49.4 Å². The molecule has 4 N–H and O–H groups in total. The van der Waals surface area contributed by atoms with Crippen molar-refractivity contribution >= 4 is 11.8 Å². The number of carbonyl (C=O) groups excluding carboxylic acids is 2. The molecule has 4 bridgehead atoms. The highest BCUT2D eigenvalue weighted by molar-refractivity contribution is 5.83. The van der Waals surface area contributed by atoms with Crippen molar-refractivity contribution < 1.29 is 9.59 Å². The second-order valence-corrected chi connectivity index (χ2v) is 6.83. The Morgan fingerprint density at radius 2 is 1.88 bits per heavy atom. The molecule has 0 saturated heterocycles. The summed E-state index contributed by atoms with van der Waals surface area (Å²) in [5.74, 6) is 0.449. The molecule has 5 unspecified atom stereocenters. The predicted octanol–water partition coefficient (Wildman–Crippen LogP) is 0.790. The van der Waals surface area contributed by atoms with Crippen molar-refractivity contribution in [1.29, 1.82) is 0 Å². The van der Waals surface area contributed by atoms with Crippen LogP contribution in [-0.2, 0) is 9.59 Å². The maximum Gasteiger partial charge on any atom is 0.223 e. The Bertz CT molecular complexity index is 408. The molecular formula is C13H20N2O2. The molecule has 0 aromatic carbocycles. The van der Waals surface area contributed by atoms with Gasteiger partial charge in [0, 0.05) is 5.92 Å². The summed E-state index contributed by atoms with van der Waals surface area (Å²) < 4.78 is 0. The Morgan fingerprint density at radius 1 is 1.18 bits per heavy atom. The van der Waals surface area contributed by atoms with E-state index in [0.717, 1.165) is 32.1 Å². The predicted molar refractivity (Wildman–Crippen MR) is 62.5 cm³/mol. The highest BCUT2D eigenvalue weighted by Gasteiger charge is 2.63. The molecule has 4 aliphatic rings. The zero-order chi connectivity index (χ0) is 12.4. The highest BCUT2D eigenvalue weighted by Crippen LogP contribution is 2.67. The number of carbonyl (C=O) groups is 2. The standard InChI is InChI=1S/C13H20N2O2/c1-12-3-7-2-8(9(12)10(14)16)5-13(4-7,6-12)11(15)17/h7-9H,2-6H2,1H3,(H2,14,16)(H2,15,17). The SMILES string of the molecule is CC12CC3CC(CC(C(N)=O)(C3)C1)C2C(N)=O. The monoisotopic (exact) mass is 236 g/mol. The summed E-state index contributed by atoms with van der Waals surface area (Å²) in [6.45, 7) is 2.12. The zero-order valence-corrected chi connectivity index (χ0v) is 10.2. The molecule has 4 nitrogen and oxygen atoms in total. The molecule has 94 valence electrons. The van der Waals surface area contributed by atoms with Gasteiger partial charge in [-0.3, -0.25) is 9.59 Å². The maximum atomic E-state index is 11.8. The van der Waals surface area contributed by atoms with Crippen LogP contribution >= 0.6 is 0 Å². The van der Waals surface area contributed by atoms with E-state index in [4.69, 9.17) is 11.5 Å². The number of nitrogens with two attached hydrogens (primary N) is 2. The lowest BCUT2D eigenvalue weighted by molar-refractivity contribution is -0.174. The van der Waals surface area contributed by atoms with Crippen LogP contribution in [0, 0.1) is 28.6 Å². The van der Waals surface area contributed by atoms with Crippen molar-refractivity contribution in [2.45, 2.75) is 39.0 Å². The van der Waals surface area contributed by atoms with E-state index < -0.39 is 0 Å². The number of hydrogen-bond donors (Lipinski definition) is 2. The number of amides is 2. The van der Waals surface area contributed by atoms with E-state index >= 15 is 0 Å². The van der Waals surface area contributed by atoms with Crippen molar-refractivity contribution in [1.82, 2.24) is 0 Å². The van der Waals surface area contributed by atoms with Gasteiger partial charge in [-0.1, -0.05) is 6.92 Å². The van der Waals surface area contributed by atoms with E-state index in [0.29, 0.717) is 5.92 Å². The molecule has 17 heavy (non-hydrogen) atoms. The molecule has 0 aliphatic heterocycles. The van der Waals surface area contributed by atoms with E-state index in [-0.39, 0.29) is 34.5 Å². The molecule has 4 heteroatoms. The first kappa shape index (κ1) is 11.1. The summed E-state index contributed by atoms with van der Waals surface area (Å²) in [5.41, 5.74) is 10.8. The lowest BCUT2D eigenvalue weighted by Crippen LogP contribution is -2.62. The molecule has 0 heterocycles. The third-order valence-corrected chi connectivity index (χ3v) is 5.52. The number of hydrogen-bond acceptors (Lipinski definition) is 2. The van der Waals surface area contributed by atoms with E-state index in [1.807, 2.05) is 0 Å². The van der Waals surface area contributed by atoms with Crippen molar-refractivity contribution in [3.8, 4) is 0 Å². The van der Waals surface area contributed by atoms with Crippen molar-refractivity contribution in [3.05, 3.63) is 0 Å². The lowest BCUT2D eigenvalue weighted by atomic mass is 9.40. The molecule has 0 aromatic rings. The van der Waals surface area contributed by atoms with Gasteiger partial charge in [0.25, 0.3) is 0 Å². The number of primary amides is 2. The van der Waals surface area contributed by atoms with E-state index in [2.05, 4.69) is 6.92 Å². The smallest absolute Gasteiger partial charge is 0.223 e. The molecule has 4 fully saturated rings. The fraction of sp³-hybridized carbons (Fsp3) is 0.846. The molecule has 0 radical (unpaired) electrons. The van der Waals surface area contributed by atoms with Gasteiger partial charge in [-0.25, -0.2) is 0 Å². The number of rotatable bonds is 2. The molecule has 4 rings (SSSR count). The van der Waals surface area contributed by atoms with E-state index in [9.17, 15) is 9.59 Å². The summed E-state index contributed by atoms with van der Waals surface area (Å²) in [4.78, 5) is 23.5. The fourth-order valence-electron chi connectivity index (χ4n) is 5.46. The average Bonchev–Trinajstić information content (AvgIpc) is 2.12. The van der Waals surface area contributed by atoms with Crippen molar-refractivity contribution in [3.63, 3.8) is 0 Å². The minimum absolute atomic E-state index is 0.0495. The first-order chi connectivity index (χ1) is 7.86. The van der Waals surface area contributed by atoms with Crippen LogP contribution in [0.25, 0.3) is 0 Å². The highest BCUT2D eigenvalue weighted by atomic mass is 16.1. The minimum Gasteiger partial charge on any atom is -0.369 e. The quantitative estimate of drug-likeness (QED) is 0.742. The topological polar surface area (TPSA) is 86.2 Å². The van der Waals surface area contributed by atoms with E-state index in [1.54, 1.807) is 0 Å². The van der Waals surface area contributed by atoms with Crippen LogP contribution in [0.4, 0.5) is 0 Å². The Kier molecular flexibility index (Phi) is 1.97. The molecular weight excluding hydrogens is 216 g/mol. The summed E-state index contributed by atoms with van der Waals surface area (Å²) in [6.07, 6.45) is 4.56. The van der Waals surface area contributed by atoms with Gasteiger partial charge in [-0.2, -0.15) is 0 Å². The van der Waals surface area contributed by atoms with Gasteiger partial charge in [0.15, 0.2) is 0 Å². The van der Waals surface area contributed by atoms with Crippen LogP contribution < -0.4 is 11.5 Å². The van der Waals surface area contributed by atoms with Gasteiger partial charge in [-0.15, -0.1) is 0 Å². The zero-order valence-electron chi connectivity index (χ0n) is 10.2.